The lowest BCUT2D eigenvalue weighted by Crippen LogP contribution is -1.84. The Balaban J connectivity index is 2.89. The zero-order chi connectivity index (χ0) is 8.97. The standard InChI is InChI=1S/C9H6BrFO/c10-8-4-3-7(2-1-5-12)6-9(8)11/h1,3-4,6H,2H2. The zero-order valence-corrected chi connectivity index (χ0v) is 7.77. The maximum absolute atomic E-state index is 12.8. The van der Waals surface area contributed by atoms with Crippen LogP contribution in [0.5, 0.6) is 0 Å². The van der Waals surface area contributed by atoms with E-state index in [0.29, 0.717) is 10.9 Å². The van der Waals surface area contributed by atoms with E-state index in [1.165, 1.54) is 12.1 Å². The predicted octanol–water partition coefficient (Wildman–Crippen LogP) is 2.52. The number of rotatable bonds is 2. The van der Waals surface area contributed by atoms with Crippen molar-refractivity contribution in [3.8, 4) is 0 Å². The molecule has 0 saturated carbocycles. The molecule has 0 amide bonds. The molecule has 0 atom stereocenters. The Labute approximate surface area is 78.0 Å². The normalized spacial score (nSPS) is 9.17. The van der Waals surface area contributed by atoms with Crippen LogP contribution in [0.4, 0.5) is 4.39 Å². The minimum Gasteiger partial charge on any atom is -0.234 e. The molecule has 0 aliphatic carbocycles. The van der Waals surface area contributed by atoms with Gasteiger partial charge in [0.2, 0.25) is 0 Å². The van der Waals surface area contributed by atoms with Gasteiger partial charge in [0, 0.05) is 12.5 Å². The molecule has 1 nitrogen and oxygen atoms in total. The first-order valence-electron chi connectivity index (χ1n) is 3.37. The van der Waals surface area contributed by atoms with Gasteiger partial charge in [-0.25, -0.2) is 9.18 Å². The van der Waals surface area contributed by atoms with Crippen molar-refractivity contribution in [2.24, 2.45) is 0 Å². The predicted molar refractivity (Wildman–Crippen MR) is 48.1 cm³/mol. The van der Waals surface area contributed by atoms with Gasteiger partial charge in [0.25, 0.3) is 0 Å². The van der Waals surface area contributed by atoms with Crippen LogP contribution in [0.3, 0.4) is 0 Å². The number of benzene rings is 1. The molecule has 0 N–H and O–H groups in total. The topological polar surface area (TPSA) is 17.1 Å². The molecule has 0 fully saturated rings. The number of hydrogen-bond acceptors (Lipinski definition) is 1. The molecule has 0 aliphatic rings. The summed E-state index contributed by atoms with van der Waals surface area (Å²) < 4.78 is 13.3. The molecule has 0 spiro atoms. The molecule has 0 radical (unpaired) electrons. The van der Waals surface area contributed by atoms with Gasteiger partial charge in [-0.05, 0) is 33.6 Å². The molecule has 1 rings (SSSR count). The highest BCUT2D eigenvalue weighted by atomic mass is 79.9. The van der Waals surface area contributed by atoms with Gasteiger partial charge in [-0.3, -0.25) is 0 Å². The molecular formula is C9H6BrFO. The van der Waals surface area contributed by atoms with E-state index in [1.54, 1.807) is 18.1 Å². The second kappa shape index (κ2) is 4.19. The molecule has 1 aromatic rings. The second-order valence-corrected chi connectivity index (χ2v) is 3.13. The van der Waals surface area contributed by atoms with Crippen LogP contribution in [0.15, 0.2) is 28.7 Å². The Morgan fingerprint density at radius 1 is 1.58 bits per heavy atom. The Kier molecular flexibility index (Phi) is 3.20. The van der Waals surface area contributed by atoms with Gasteiger partial charge in [-0.15, -0.1) is 0 Å². The van der Waals surface area contributed by atoms with Crippen molar-refractivity contribution in [3.05, 3.63) is 40.1 Å². The van der Waals surface area contributed by atoms with Gasteiger partial charge in [-0.2, -0.15) is 0 Å². The molecule has 0 bridgehead atoms. The lowest BCUT2D eigenvalue weighted by molar-refractivity contribution is 0.568. The largest absolute Gasteiger partial charge is 0.234 e. The SMILES string of the molecule is O=C=CCc1ccc(Br)c(F)c1. The summed E-state index contributed by atoms with van der Waals surface area (Å²) in [7, 11) is 0. The summed E-state index contributed by atoms with van der Waals surface area (Å²) in [5.41, 5.74) is 0.763. The minimum absolute atomic E-state index is 0.313. The molecule has 0 aromatic heterocycles. The molecule has 0 saturated heterocycles. The Morgan fingerprint density at radius 3 is 2.92 bits per heavy atom. The Morgan fingerprint density at radius 2 is 2.33 bits per heavy atom. The fourth-order valence-electron chi connectivity index (χ4n) is 0.826. The first kappa shape index (κ1) is 9.17. The van der Waals surface area contributed by atoms with Crippen molar-refractivity contribution in [1.29, 1.82) is 0 Å². The van der Waals surface area contributed by atoms with E-state index in [4.69, 9.17) is 0 Å². The summed E-state index contributed by atoms with van der Waals surface area (Å²) in [6, 6.07) is 4.75. The minimum atomic E-state index is -0.313. The van der Waals surface area contributed by atoms with E-state index in [1.807, 2.05) is 0 Å². The summed E-state index contributed by atoms with van der Waals surface area (Å²) >= 11 is 3.03. The molecular weight excluding hydrogens is 223 g/mol. The van der Waals surface area contributed by atoms with Crippen LogP contribution in [0.25, 0.3) is 0 Å². The molecule has 62 valence electrons. The van der Waals surface area contributed by atoms with Crippen LogP contribution in [0.2, 0.25) is 0 Å². The smallest absolute Gasteiger partial charge is 0.137 e. The highest BCUT2D eigenvalue weighted by Gasteiger charge is 1.98. The number of allylic oxidation sites excluding steroid dienone is 1. The fourth-order valence-corrected chi connectivity index (χ4v) is 1.07. The van der Waals surface area contributed by atoms with Gasteiger partial charge >= 0.3 is 0 Å². The number of hydrogen-bond donors (Lipinski definition) is 0. The fraction of sp³-hybridized carbons (Fsp3) is 0.111. The summed E-state index contributed by atoms with van der Waals surface area (Å²) in [4.78, 5) is 9.85. The van der Waals surface area contributed by atoms with Crippen LogP contribution in [0.1, 0.15) is 5.56 Å². The van der Waals surface area contributed by atoms with Gasteiger partial charge < -0.3 is 0 Å². The van der Waals surface area contributed by atoms with Crippen molar-refractivity contribution in [1.82, 2.24) is 0 Å². The third-order valence-corrected chi connectivity index (χ3v) is 2.05. The molecule has 12 heavy (non-hydrogen) atoms. The van der Waals surface area contributed by atoms with Crippen LogP contribution < -0.4 is 0 Å². The third kappa shape index (κ3) is 2.29. The van der Waals surface area contributed by atoms with Crippen LogP contribution in [0, 0.1) is 5.82 Å². The number of carbonyl (C=O) groups excluding carboxylic acids is 1. The molecule has 0 aliphatic heterocycles. The molecule has 3 heteroatoms. The van der Waals surface area contributed by atoms with Gasteiger partial charge in [0.05, 0.1) is 4.47 Å². The first-order valence-corrected chi connectivity index (χ1v) is 4.16. The number of halogens is 2. The van der Waals surface area contributed by atoms with Crippen molar-refractivity contribution >= 4 is 21.9 Å². The van der Waals surface area contributed by atoms with E-state index in [9.17, 15) is 9.18 Å². The summed E-state index contributed by atoms with van der Waals surface area (Å²) in [5.74, 6) is 1.33. The van der Waals surface area contributed by atoms with E-state index in [0.717, 1.165) is 5.56 Å². The zero-order valence-electron chi connectivity index (χ0n) is 6.18. The van der Waals surface area contributed by atoms with Crippen LogP contribution in [-0.2, 0) is 11.2 Å². The Hall–Kier alpha value is -0.920. The molecule has 0 heterocycles. The summed E-state index contributed by atoms with van der Waals surface area (Å²) in [5, 5.41) is 0. The average molecular weight is 229 g/mol. The van der Waals surface area contributed by atoms with Crippen LogP contribution >= 0.6 is 15.9 Å². The maximum atomic E-state index is 12.8. The summed E-state index contributed by atoms with van der Waals surface area (Å²) in [6.07, 6.45) is 1.75. The molecule has 1 aromatic carbocycles. The third-order valence-electron chi connectivity index (χ3n) is 1.41. The van der Waals surface area contributed by atoms with E-state index < -0.39 is 0 Å². The van der Waals surface area contributed by atoms with Crippen molar-refractivity contribution < 1.29 is 9.18 Å². The van der Waals surface area contributed by atoms with Gasteiger partial charge in [0.15, 0.2) is 0 Å². The van der Waals surface area contributed by atoms with E-state index >= 15 is 0 Å². The van der Waals surface area contributed by atoms with E-state index in [2.05, 4.69) is 15.9 Å². The molecule has 0 unspecified atom stereocenters. The Bertz CT molecular complexity index is 329. The van der Waals surface area contributed by atoms with E-state index in [-0.39, 0.29) is 5.82 Å². The maximum Gasteiger partial charge on any atom is 0.137 e. The monoisotopic (exact) mass is 228 g/mol. The lowest BCUT2D eigenvalue weighted by Gasteiger charge is -1.97. The first-order chi connectivity index (χ1) is 5.74. The summed E-state index contributed by atoms with van der Waals surface area (Å²) in [6.45, 7) is 0. The van der Waals surface area contributed by atoms with Gasteiger partial charge in [-0.1, -0.05) is 6.07 Å². The van der Waals surface area contributed by atoms with Crippen molar-refractivity contribution in [2.75, 3.05) is 0 Å². The van der Waals surface area contributed by atoms with Gasteiger partial charge in [0.1, 0.15) is 11.8 Å². The quantitative estimate of drug-likeness (QED) is 0.712. The average Bonchev–Trinajstić information content (AvgIpc) is 2.07. The lowest BCUT2D eigenvalue weighted by atomic mass is 10.1. The van der Waals surface area contributed by atoms with Crippen LogP contribution in [-0.4, -0.2) is 5.94 Å². The highest BCUT2D eigenvalue weighted by Crippen LogP contribution is 2.16. The second-order valence-electron chi connectivity index (χ2n) is 2.27. The highest BCUT2D eigenvalue weighted by molar-refractivity contribution is 9.10. The van der Waals surface area contributed by atoms with Crippen molar-refractivity contribution in [3.63, 3.8) is 0 Å². The van der Waals surface area contributed by atoms with Crippen molar-refractivity contribution in [2.45, 2.75) is 6.42 Å².